The highest BCUT2D eigenvalue weighted by molar-refractivity contribution is 7.99. The number of nitrogens with zero attached hydrogens (tertiary/aromatic N) is 3. The predicted molar refractivity (Wildman–Crippen MR) is 98.8 cm³/mol. The van der Waals surface area contributed by atoms with Gasteiger partial charge >= 0.3 is 6.18 Å². The number of para-hydroxylation sites is 1. The zero-order chi connectivity index (χ0) is 19.3. The average Bonchev–Trinajstić information content (AvgIpc) is 2.67. The van der Waals surface area contributed by atoms with E-state index in [1.165, 1.54) is 0 Å². The van der Waals surface area contributed by atoms with E-state index in [9.17, 15) is 18.0 Å². The summed E-state index contributed by atoms with van der Waals surface area (Å²) in [6, 6.07) is 6.58. The number of thioether (sulfide) groups is 1. The second-order valence-electron chi connectivity index (χ2n) is 6.21. The number of halogens is 3. The molecule has 0 bridgehead atoms. The van der Waals surface area contributed by atoms with E-state index in [4.69, 9.17) is 0 Å². The lowest BCUT2D eigenvalue weighted by atomic mass is 9.96. The van der Waals surface area contributed by atoms with Crippen LogP contribution in [0.4, 0.5) is 24.7 Å². The molecular formula is C18H19F3N4OS. The molecule has 27 heavy (non-hydrogen) atoms. The van der Waals surface area contributed by atoms with Gasteiger partial charge in [0.25, 0.3) is 0 Å². The molecule has 0 spiro atoms. The van der Waals surface area contributed by atoms with Crippen molar-refractivity contribution in [2.24, 2.45) is 5.92 Å². The molecule has 3 rings (SSSR count). The summed E-state index contributed by atoms with van der Waals surface area (Å²) >= 11 is 0.677. The average molecular weight is 396 g/mol. The summed E-state index contributed by atoms with van der Waals surface area (Å²) in [7, 11) is 0. The first-order valence-electron chi connectivity index (χ1n) is 8.53. The minimum absolute atomic E-state index is 0.158. The van der Waals surface area contributed by atoms with Crippen molar-refractivity contribution in [2.75, 3.05) is 29.1 Å². The van der Waals surface area contributed by atoms with Crippen molar-refractivity contribution >= 4 is 29.2 Å². The summed E-state index contributed by atoms with van der Waals surface area (Å²) < 4.78 is 37.4. The van der Waals surface area contributed by atoms with Crippen LogP contribution >= 0.6 is 11.8 Å². The number of hydrogen-bond acceptors (Lipinski definition) is 5. The number of piperidine rings is 1. The minimum Gasteiger partial charge on any atom is -0.355 e. The summed E-state index contributed by atoms with van der Waals surface area (Å²) in [4.78, 5) is 23.4. The lowest BCUT2D eigenvalue weighted by molar-refractivity contribution is -0.120. The molecule has 1 aromatic carbocycles. The van der Waals surface area contributed by atoms with Crippen molar-refractivity contribution in [2.45, 2.75) is 23.9 Å². The van der Waals surface area contributed by atoms with Crippen LogP contribution in [-0.2, 0) is 4.79 Å². The van der Waals surface area contributed by atoms with Gasteiger partial charge in [-0.25, -0.2) is 4.98 Å². The molecule has 0 unspecified atom stereocenters. The summed E-state index contributed by atoms with van der Waals surface area (Å²) in [6.07, 6.45) is 1.98. The summed E-state index contributed by atoms with van der Waals surface area (Å²) in [5, 5.41) is 2.80. The van der Waals surface area contributed by atoms with Gasteiger partial charge in [-0.1, -0.05) is 12.1 Å². The lowest BCUT2D eigenvalue weighted by Gasteiger charge is -2.31. The van der Waals surface area contributed by atoms with E-state index in [0.29, 0.717) is 48.3 Å². The normalized spacial score (nSPS) is 15.6. The molecule has 144 valence electrons. The Morgan fingerprint density at radius 1 is 1.22 bits per heavy atom. The Bertz CT molecular complexity index is 765. The minimum atomic E-state index is -4.26. The molecule has 1 fully saturated rings. The topological polar surface area (TPSA) is 58.1 Å². The number of amides is 1. The van der Waals surface area contributed by atoms with Gasteiger partial charge in [-0.2, -0.15) is 13.2 Å². The van der Waals surface area contributed by atoms with E-state index < -0.39 is 11.9 Å². The van der Waals surface area contributed by atoms with E-state index in [2.05, 4.69) is 20.2 Å². The first-order valence-corrected chi connectivity index (χ1v) is 9.51. The molecule has 1 aliphatic rings. The van der Waals surface area contributed by atoms with Crippen molar-refractivity contribution < 1.29 is 18.0 Å². The highest BCUT2D eigenvalue weighted by atomic mass is 32.2. The molecule has 1 N–H and O–H groups in total. The Morgan fingerprint density at radius 3 is 2.63 bits per heavy atom. The van der Waals surface area contributed by atoms with Crippen molar-refractivity contribution in [3.8, 4) is 0 Å². The maximum absolute atomic E-state index is 12.6. The molecule has 0 atom stereocenters. The maximum atomic E-state index is 12.6. The molecule has 2 aromatic rings. The third-order valence-corrected chi connectivity index (χ3v) is 5.41. The number of nitrogens with one attached hydrogen (secondary N) is 1. The van der Waals surface area contributed by atoms with E-state index in [-0.39, 0.29) is 11.8 Å². The second-order valence-corrected chi connectivity index (χ2v) is 7.23. The number of aromatic nitrogens is 2. The van der Waals surface area contributed by atoms with Crippen LogP contribution in [0.25, 0.3) is 0 Å². The van der Waals surface area contributed by atoms with E-state index >= 15 is 0 Å². The van der Waals surface area contributed by atoms with Crippen LogP contribution in [0.1, 0.15) is 12.8 Å². The van der Waals surface area contributed by atoms with Crippen molar-refractivity contribution in [3.05, 3.63) is 42.9 Å². The zero-order valence-corrected chi connectivity index (χ0v) is 15.3. The van der Waals surface area contributed by atoms with Crippen LogP contribution in [0.2, 0.25) is 0 Å². The van der Waals surface area contributed by atoms with Crippen LogP contribution in [0.5, 0.6) is 0 Å². The summed E-state index contributed by atoms with van der Waals surface area (Å²) in [5.74, 6) is -0.547. The first-order chi connectivity index (χ1) is 12.9. The predicted octanol–water partition coefficient (Wildman–Crippen LogP) is 3.99. The molecular weight excluding hydrogens is 377 g/mol. The van der Waals surface area contributed by atoms with Crippen LogP contribution in [-0.4, -0.2) is 40.9 Å². The molecule has 9 heteroatoms. The molecule has 0 radical (unpaired) electrons. The first kappa shape index (κ1) is 19.5. The fourth-order valence-corrected chi connectivity index (χ4v) is 3.68. The summed E-state index contributed by atoms with van der Waals surface area (Å²) in [6.45, 7) is 1.36. The summed E-state index contributed by atoms with van der Waals surface area (Å²) in [5.41, 5.74) is 0.424. The standard InChI is InChI=1S/C18H19F3N4OS/c19-18(20,21)12-27-15-4-2-1-3-14(15)24-17(26)13-5-9-25(10-6-13)16-11-22-7-8-23-16/h1-4,7-8,11,13H,5-6,9-10,12H2,(H,24,26). The lowest BCUT2D eigenvalue weighted by Crippen LogP contribution is -2.38. The van der Waals surface area contributed by atoms with Gasteiger partial charge in [-0.05, 0) is 25.0 Å². The molecule has 1 amide bonds. The van der Waals surface area contributed by atoms with Gasteiger partial charge in [0.2, 0.25) is 5.91 Å². The Hall–Kier alpha value is -2.29. The van der Waals surface area contributed by atoms with Crippen LogP contribution in [0.3, 0.4) is 0 Å². The highest BCUT2D eigenvalue weighted by Gasteiger charge is 2.29. The Kier molecular flexibility index (Phi) is 6.20. The SMILES string of the molecule is O=C(Nc1ccccc1SCC(F)(F)F)C1CCN(c2cnccn2)CC1. The van der Waals surface area contributed by atoms with E-state index in [1.54, 1.807) is 42.9 Å². The van der Waals surface area contributed by atoms with Gasteiger partial charge in [-0.3, -0.25) is 9.78 Å². The highest BCUT2D eigenvalue weighted by Crippen LogP contribution is 2.32. The van der Waals surface area contributed by atoms with Crippen LogP contribution in [0, 0.1) is 5.92 Å². The Balaban J connectivity index is 1.57. The van der Waals surface area contributed by atoms with Gasteiger partial charge in [0.15, 0.2) is 0 Å². The quantitative estimate of drug-likeness (QED) is 0.775. The number of benzene rings is 1. The van der Waals surface area contributed by atoms with Gasteiger partial charge in [0, 0.05) is 36.3 Å². The van der Waals surface area contributed by atoms with Gasteiger partial charge in [0.05, 0.1) is 17.6 Å². The largest absolute Gasteiger partial charge is 0.398 e. The van der Waals surface area contributed by atoms with Gasteiger partial charge in [-0.15, -0.1) is 11.8 Å². The Morgan fingerprint density at radius 2 is 1.96 bits per heavy atom. The monoisotopic (exact) mass is 396 g/mol. The van der Waals surface area contributed by atoms with Crippen molar-refractivity contribution in [1.82, 2.24) is 9.97 Å². The van der Waals surface area contributed by atoms with Gasteiger partial charge < -0.3 is 10.2 Å². The zero-order valence-electron chi connectivity index (χ0n) is 14.4. The van der Waals surface area contributed by atoms with Crippen LogP contribution < -0.4 is 10.2 Å². The number of anilines is 2. The van der Waals surface area contributed by atoms with Crippen molar-refractivity contribution in [3.63, 3.8) is 0 Å². The fraction of sp³-hybridized carbons (Fsp3) is 0.389. The van der Waals surface area contributed by atoms with Gasteiger partial charge in [0.1, 0.15) is 5.82 Å². The van der Waals surface area contributed by atoms with Crippen LogP contribution in [0.15, 0.2) is 47.8 Å². The van der Waals surface area contributed by atoms with E-state index in [1.807, 2.05) is 0 Å². The smallest absolute Gasteiger partial charge is 0.355 e. The fourth-order valence-electron chi connectivity index (χ4n) is 2.92. The van der Waals surface area contributed by atoms with Crippen molar-refractivity contribution in [1.29, 1.82) is 0 Å². The molecule has 0 aliphatic carbocycles. The maximum Gasteiger partial charge on any atom is 0.398 e. The molecule has 5 nitrogen and oxygen atoms in total. The third-order valence-electron chi connectivity index (χ3n) is 4.28. The number of rotatable bonds is 5. The number of alkyl halides is 3. The number of hydrogen-bond donors (Lipinski definition) is 1. The molecule has 1 aliphatic heterocycles. The molecule has 0 saturated carbocycles. The second kappa shape index (κ2) is 8.60. The Labute approximate surface area is 159 Å². The third kappa shape index (κ3) is 5.59. The molecule has 1 aromatic heterocycles. The number of carbonyl (C=O) groups is 1. The molecule has 2 heterocycles. The van der Waals surface area contributed by atoms with E-state index in [0.717, 1.165) is 5.82 Å². The number of carbonyl (C=O) groups excluding carboxylic acids is 1. The molecule has 1 saturated heterocycles.